The first kappa shape index (κ1) is 18.2. The quantitative estimate of drug-likeness (QED) is 0.345. The Bertz CT molecular complexity index is 482. The van der Waals surface area contributed by atoms with Gasteiger partial charge >= 0.3 is 5.97 Å². The number of aryl methyl sites for hydroxylation is 1. The van der Waals surface area contributed by atoms with Crippen molar-refractivity contribution in [2.45, 2.75) is 45.8 Å². The van der Waals surface area contributed by atoms with E-state index < -0.39 is 11.9 Å². The van der Waals surface area contributed by atoms with Crippen molar-refractivity contribution in [2.75, 3.05) is 7.11 Å². The van der Waals surface area contributed by atoms with Gasteiger partial charge in [0.25, 0.3) is 0 Å². The Morgan fingerprint density at radius 2 is 1.91 bits per heavy atom. The second kappa shape index (κ2) is 9.20. The summed E-state index contributed by atoms with van der Waals surface area (Å²) in [4.78, 5) is 11.7. The molecule has 122 valence electrons. The van der Waals surface area contributed by atoms with Gasteiger partial charge in [0.2, 0.25) is 0 Å². The Labute approximate surface area is 131 Å². The lowest BCUT2D eigenvalue weighted by Crippen LogP contribution is -2.20. The highest BCUT2D eigenvalue weighted by Crippen LogP contribution is 2.26. The Hall–Kier alpha value is -1.88. The number of rotatable bonds is 8. The van der Waals surface area contributed by atoms with Gasteiger partial charge in [0.15, 0.2) is 0 Å². The van der Waals surface area contributed by atoms with Crippen LogP contribution in [0.5, 0.6) is 0 Å². The Morgan fingerprint density at radius 1 is 1.27 bits per heavy atom. The SMILES string of the molecule is COC(=O)C(/C=N\O)CCC(OC(C)C)c1ccc(C)cc1. The van der Waals surface area contributed by atoms with Crippen LogP contribution in [0.1, 0.15) is 43.9 Å². The number of methoxy groups -OCH3 is 1. The lowest BCUT2D eigenvalue weighted by Gasteiger charge is -2.22. The molecule has 0 aliphatic rings. The molecule has 0 radical (unpaired) electrons. The van der Waals surface area contributed by atoms with E-state index in [-0.39, 0.29) is 12.2 Å². The van der Waals surface area contributed by atoms with Crippen LogP contribution in [0.4, 0.5) is 0 Å². The van der Waals surface area contributed by atoms with Crippen LogP contribution in [-0.2, 0) is 14.3 Å². The Morgan fingerprint density at radius 3 is 2.41 bits per heavy atom. The van der Waals surface area contributed by atoms with Crippen LogP contribution in [0, 0.1) is 12.8 Å². The van der Waals surface area contributed by atoms with Gasteiger partial charge in [0.05, 0.1) is 31.5 Å². The molecule has 0 aliphatic heterocycles. The molecule has 0 aliphatic carbocycles. The summed E-state index contributed by atoms with van der Waals surface area (Å²) in [6.07, 6.45) is 2.29. The minimum absolute atomic E-state index is 0.0781. The van der Waals surface area contributed by atoms with E-state index in [1.165, 1.54) is 18.9 Å². The van der Waals surface area contributed by atoms with Crippen molar-refractivity contribution in [3.05, 3.63) is 35.4 Å². The highest BCUT2D eigenvalue weighted by atomic mass is 16.5. The van der Waals surface area contributed by atoms with Crippen LogP contribution in [0.2, 0.25) is 0 Å². The topological polar surface area (TPSA) is 68.1 Å². The molecule has 5 nitrogen and oxygen atoms in total. The van der Waals surface area contributed by atoms with Crippen LogP contribution >= 0.6 is 0 Å². The molecule has 0 heterocycles. The van der Waals surface area contributed by atoms with Gasteiger partial charge in [0, 0.05) is 0 Å². The number of esters is 1. The number of hydrogen-bond donors (Lipinski definition) is 1. The van der Waals surface area contributed by atoms with Gasteiger partial charge in [-0.2, -0.15) is 0 Å². The zero-order valence-corrected chi connectivity index (χ0v) is 13.7. The van der Waals surface area contributed by atoms with Crippen molar-refractivity contribution in [2.24, 2.45) is 11.1 Å². The van der Waals surface area contributed by atoms with Crippen molar-refractivity contribution in [3.63, 3.8) is 0 Å². The number of hydrogen-bond acceptors (Lipinski definition) is 5. The number of carbonyl (C=O) groups is 1. The van der Waals surface area contributed by atoms with E-state index >= 15 is 0 Å². The number of oxime groups is 1. The lowest BCUT2D eigenvalue weighted by atomic mass is 9.97. The summed E-state index contributed by atoms with van der Waals surface area (Å²) in [5, 5.41) is 11.6. The third-order valence-electron chi connectivity index (χ3n) is 3.38. The summed E-state index contributed by atoms with van der Waals surface area (Å²) in [6.45, 7) is 6.00. The molecule has 0 spiro atoms. The van der Waals surface area contributed by atoms with Gasteiger partial charge in [0.1, 0.15) is 0 Å². The van der Waals surface area contributed by atoms with Gasteiger partial charge in [-0.05, 0) is 39.2 Å². The molecule has 0 aromatic heterocycles. The molecule has 2 unspecified atom stereocenters. The molecule has 0 saturated heterocycles. The molecule has 0 fully saturated rings. The van der Waals surface area contributed by atoms with Gasteiger partial charge < -0.3 is 14.7 Å². The van der Waals surface area contributed by atoms with Crippen molar-refractivity contribution >= 4 is 12.2 Å². The summed E-state index contributed by atoms with van der Waals surface area (Å²) in [6, 6.07) is 8.16. The molecule has 0 bridgehead atoms. The highest BCUT2D eigenvalue weighted by molar-refractivity contribution is 5.89. The van der Waals surface area contributed by atoms with E-state index in [1.54, 1.807) is 0 Å². The zero-order chi connectivity index (χ0) is 16.5. The first-order valence-electron chi connectivity index (χ1n) is 7.45. The predicted octanol–water partition coefficient (Wildman–Crippen LogP) is 3.49. The highest BCUT2D eigenvalue weighted by Gasteiger charge is 2.21. The molecule has 22 heavy (non-hydrogen) atoms. The van der Waals surface area contributed by atoms with E-state index in [0.29, 0.717) is 12.8 Å². The average Bonchev–Trinajstić information content (AvgIpc) is 2.49. The van der Waals surface area contributed by atoms with Crippen LogP contribution in [0.15, 0.2) is 29.4 Å². The standard InChI is InChI=1S/C17H25NO4/c1-12(2)22-16(14-7-5-13(3)6-8-14)10-9-15(11-18-20)17(19)21-4/h5-8,11-12,15-16,20H,9-10H2,1-4H3/b18-11-. The number of carbonyl (C=O) groups excluding carboxylic acids is 1. The van der Waals surface area contributed by atoms with Gasteiger partial charge in [-0.1, -0.05) is 29.8 Å². The molecular weight excluding hydrogens is 282 g/mol. The molecular formula is C17H25NO4. The van der Waals surface area contributed by atoms with Crippen molar-refractivity contribution in [3.8, 4) is 0 Å². The minimum Gasteiger partial charge on any atom is -0.469 e. The fourth-order valence-electron chi connectivity index (χ4n) is 2.24. The summed E-state index contributed by atoms with van der Waals surface area (Å²) >= 11 is 0. The normalized spacial score (nSPS) is 14.2. The van der Waals surface area contributed by atoms with Crippen molar-refractivity contribution < 1.29 is 19.5 Å². The maximum atomic E-state index is 11.7. The molecule has 1 rings (SSSR count). The van der Waals surface area contributed by atoms with Gasteiger partial charge in [-0.25, -0.2) is 0 Å². The summed E-state index contributed by atoms with van der Waals surface area (Å²) in [5.41, 5.74) is 2.26. The monoisotopic (exact) mass is 307 g/mol. The molecule has 1 N–H and O–H groups in total. The van der Waals surface area contributed by atoms with Gasteiger partial charge in [-0.15, -0.1) is 5.16 Å². The first-order chi connectivity index (χ1) is 10.5. The molecule has 0 saturated carbocycles. The summed E-state index contributed by atoms with van der Waals surface area (Å²) in [7, 11) is 1.32. The van der Waals surface area contributed by atoms with E-state index in [9.17, 15) is 4.79 Å². The minimum atomic E-state index is -0.571. The molecule has 2 atom stereocenters. The third-order valence-corrected chi connectivity index (χ3v) is 3.38. The van der Waals surface area contributed by atoms with Crippen LogP contribution in [0.3, 0.4) is 0 Å². The Kier molecular flexibility index (Phi) is 7.60. The molecule has 1 aromatic carbocycles. The Balaban J connectivity index is 2.80. The van der Waals surface area contributed by atoms with Crippen LogP contribution < -0.4 is 0 Å². The largest absolute Gasteiger partial charge is 0.469 e. The molecule has 5 heteroatoms. The second-order valence-electron chi connectivity index (χ2n) is 5.56. The van der Waals surface area contributed by atoms with E-state index in [1.807, 2.05) is 45.0 Å². The van der Waals surface area contributed by atoms with Crippen LogP contribution in [0.25, 0.3) is 0 Å². The summed E-state index contributed by atoms with van der Waals surface area (Å²) in [5.74, 6) is -0.983. The third kappa shape index (κ3) is 5.85. The second-order valence-corrected chi connectivity index (χ2v) is 5.56. The molecule has 0 amide bonds. The maximum Gasteiger partial charge on any atom is 0.314 e. The fourth-order valence-corrected chi connectivity index (χ4v) is 2.24. The predicted molar refractivity (Wildman–Crippen MR) is 85.2 cm³/mol. The average molecular weight is 307 g/mol. The van der Waals surface area contributed by atoms with E-state index in [2.05, 4.69) is 5.16 Å². The smallest absolute Gasteiger partial charge is 0.314 e. The van der Waals surface area contributed by atoms with E-state index in [0.717, 1.165) is 5.56 Å². The zero-order valence-electron chi connectivity index (χ0n) is 13.7. The summed E-state index contributed by atoms with van der Waals surface area (Å²) < 4.78 is 10.7. The number of nitrogens with zero attached hydrogens (tertiary/aromatic N) is 1. The fraction of sp³-hybridized carbons (Fsp3) is 0.529. The molecule has 1 aromatic rings. The van der Waals surface area contributed by atoms with Crippen LogP contribution in [-0.4, -0.2) is 30.6 Å². The van der Waals surface area contributed by atoms with Crippen molar-refractivity contribution in [1.82, 2.24) is 0 Å². The number of ether oxygens (including phenoxy) is 2. The maximum absolute atomic E-state index is 11.7. The number of benzene rings is 1. The lowest BCUT2D eigenvalue weighted by molar-refractivity contribution is -0.143. The first-order valence-corrected chi connectivity index (χ1v) is 7.45. The van der Waals surface area contributed by atoms with Crippen molar-refractivity contribution in [1.29, 1.82) is 0 Å². The van der Waals surface area contributed by atoms with E-state index in [4.69, 9.17) is 14.7 Å². The van der Waals surface area contributed by atoms with Gasteiger partial charge in [-0.3, -0.25) is 4.79 Å².